The molecule has 0 aliphatic carbocycles. The van der Waals surface area contributed by atoms with Crippen LogP contribution in [-0.2, 0) is 0 Å². The van der Waals surface area contributed by atoms with Crippen LogP contribution >= 0.6 is 11.6 Å². The van der Waals surface area contributed by atoms with Gasteiger partial charge in [-0.1, -0.05) is 18.5 Å². The van der Waals surface area contributed by atoms with Crippen molar-refractivity contribution in [2.75, 3.05) is 19.7 Å². The van der Waals surface area contributed by atoms with Crippen molar-refractivity contribution in [1.82, 2.24) is 5.32 Å². The van der Waals surface area contributed by atoms with Crippen molar-refractivity contribution in [1.29, 1.82) is 0 Å². The summed E-state index contributed by atoms with van der Waals surface area (Å²) in [5, 5.41) is 4.12. The normalized spacial score (nSPS) is 10.5. The molecule has 0 fully saturated rings. The van der Waals surface area contributed by atoms with E-state index in [9.17, 15) is 0 Å². The van der Waals surface area contributed by atoms with Gasteiger partial charge in [-0.25, -0.2) is 0 Å². The molecule has 0 bridgehead atoms. The monoisotopic (exact) mass is 241 g/mol. The molecule has 1 aromatic rings. The van der Waals surface area contributed by atoms with Crippen LogP contribution in [0.2, 0.25) is 5.02 Å². The Morgan fingerprint density at radius 1 is 1.19 bits per heavy atom. The Kier molecular flexibility index (Phi) is 5.64. The molecule has 0 unspecified atom stereocenters. The molecular formula is C13H20ClNO. The summed E-state index contributed by atoms with van der Waals surface area (Å²) >= 11 is 6.08. The van der Waals surface area contributed by atoms with Gasteiger partial charge in [0.15, 0.2) is 0 Å². The van der Waals surface area contributed by atoms with E-state index in [1.807, 2.05) is 26.0 Å². The van der Waals surface area contributed by atoms with Crippen LogP contribution in [0.1, 0.15) is 24.5 Å². The van der Waals surface area contributed by atoms with E-state index in [0.717, 1.165) is 41.4 Å². The van der Waals surface area contributed by atoms with Crippen LogP contribution in [0, 0.1) is 13.8 Å². The van der Waals surface area contributed by atoms with E-state index >= 15 is 0 Å². The minimum absolute atomic E-state index is 0.695. The van der Waals surface area contributed by atoms with Gasteiger partial charge >= 0.3 is 0 Å². The second-order valence-corrected chi connectivity index (χ2v) is 4.35. The number of rotatable bonds is 6. The largest absolute Gasteiger partial charge is 0.492 e. The van der Waals surface area contributed by atoms with Crippen molar-refractivity contribution in [2.24, 2.45) is 0 Å². The third-order valence-corrected chi connectivity index (χ3v) is 2.98. The van der Waals surface area contributed by atoms with Crippen LogP contribution in [-0.4, -0.2) is 19.7 Å². The average molecular weight is 242 g/mol. The Bertz CT molecular complexity index is 316. The lowest BCUT2D eigenvalue weighted by Gasteiger charge is -2.10. The summed E-state index contributed by atoms with van der Waals surface area (Å²) in [5.41, 5.74) is 2.14. The SMILES string of the molecule is CCCNCCOc1cc(C)c(Cl)c(C)c1. The van der Waals surface area contributed by atoms with Crippen LogP contribution < -0.4 is 10.1 Å². The predicted octanol–water partition coefficient (Wildman–Crippen LogP) is 3.34. The van der Waals surface area contributed by atoms with Crippen LogP contribution in [0.4, 0.5) is 0 Å². The molecule has 1 aromatic carbocycles. The maximum Gasteiger partial charge on any atom is 0.119 e. The lowest BCUT2D eigenvalue weighted by atomic mass is 10.1. The molecular weight excluding hydrogens is 222 g/mol. The number of hydrogen-bond donors (Lipinski definition) is 1. The molecule has 1 rings (SSSR count). The highest BCUT2D eigenvalue weighted by Gasteiger charge is 2.03. The van der Waals surface area contributed by atoms with Crippen molar-refractivity contribution >= 4 is 11.6 Å². The second kappa shape index (κ2) is 6.77. The van der Waals surface area contributed by atoms with Crippen molar-refractivity contribution in [2.45, 2.75) is 27.2 Å². The maximum absolute atomic E-state index is 6.08. The Hall–Kier alpha value is -0.730. The first-order valence-electron chi connectivity index (χ1n) is 5.75. The lowest BCUT2D eigenvalue weighted by molar-refractivity contribution is 0.314. The van der Waals surface area contributed by atoms with E-state index < -0.39 is 0 Å². The molecule has 0 saturated heterocycles. The van der Waals surface area contributed by atoms with E-state index in [-0.39, 0.29) is 0 Å². The highest BCUT2D eigenvalue weighted by molar-refractivity contribution is 6.32. The van der Waals surface area contributed by atoms with Gasteiger partial charge in [0.25, 0.3) is 0 Å². The quantitative estimate of drug-likeness (QED) is 0.772. The fraction of sp³-hybridized carbons (Fsp3) is 0.538. The van der Waals surface area contributed by atoms with E-state index in [1.54, 1.807) is 0 Å². The van der Waals surface area contributed by atoms with Gasteiger partial charge in [0.2, 0.25) is 0 Å². The molecule has 0 heterocycles. The predicted molar refractivity (Wildman–Crippen MR) is 69.6 cm³/mol. The van der Waals surface area contributed by atoms with Gasteiger partial charge in [-0.3, -0.25) is 0 Å². The van der Waals surface area contributed by atoms with E-state index in [0.29, 0.717) is 6.61 Å². The number of halogens is 1. The van der Waals surface area contributed by atoms with Gasteiger partial charge in [-0.2, -0.15) is 0 Å². The zero-order valence-electron chi connectivity index (χ0n) is 10.3. The maximum atomic E-state index is 6.08. The Morgan fingerprint density at radius 2 is 1.81 bits per heavy atom. The highest BCUT2D eigenvalue weighted by atomic mass is 35.5. The van der Waals surface area contributed by atoms with Gasteiger partial charge in [0.05, 0.1) is 0 Å². The van der Waals surface area contributed by atoms with Crippen molar-refractivity contribution in [3.8, 4) is 5.75 Å². The number of ether oxygens (including phenoxy) is 1. The highest BCUT2D eigenvalue weighted by Crippen LogP contribution is 2.25. The fourth-order valence-corrected chi connectivity index (χ4v) is 1.64. The smallest absolute Gasteiger partial charge is 0.119 e. The fourth-order valence-electron chi connectivity index (χ4n) is 1.53. The van der Waals surface area contributed by atoms with Crippen LogP contribution in [0.5, 0.6) is 5.75 Å². The Balaban J connectivity index is 2.43. The average Bonchev–Trinajstić information content (AvgIpc) is 2.25. The second-order valence-electron chi connectivity index (χ2n) is 3.97. The zero-order valence-corrected chi connectivity index (χ0v) is 11.0. The lowest BCUT2D eigenvalue weighted by Crippen LogP contribution is -2.21. The van der Waals surface area contributed by atoms with Crippen LogP contribution in [0.3, 0.4) is 0 Å². The van der Waals surface area contributed by atoms with Crippen molar-refractivity contribution in [3.05, 3.63) is 28.3 Å². The van der Waals surface area contributed by atoms with Gasteiger partial charge in [-0.05, 0) is 50.1 Å². The summed E-state index contributed by atoms with van der Waals surface area (Å²) in [6.45, 7) is 8.77. The van der Waals surface area contributed by atoms with Gasteiger partial charge in [-0.15, -0.1) is 0 Å². The van der Waals surface area contributed by atoms with Crippen molar-refractivity contribution in [3.63, 3.8) is 0 Å². The summed E-state index contributed by atoms with van der Waals surface area (Å²) in [7, 11) is 0. The van der Waals surface area contributed by atoms with E-state index in [4.69, 9.17) is 16.3 Å². The zero-order chi connectivity index (χ0) is 12.0. The molecule has 0 aromatic heterocycles. The number of aryl methyl sites for hydroxylation is 2. The van der Waals surface area contributed by atoms with Crippen LogP contribution in [0.15, 0.2) is 12.1 Å². The van der Waals surface area contributed by atoms with Gasteiger partial charge < -0.3 is 10.1 Å². The standard InChI is InChI=1S/C13H20ClNO/c1-4-5-15-6-7-16-12-8-10(2)13(14)11(3)9-12/h8-9,15H,4-7H2,1-3H3. The first kappa shape index (κ1) is 13.3. The molecule has 0 saturated carbocycles. The van der Waals surface area contributed by atoms with Crippen LogP contribution in [0.25, 0.3) is 0 Å². The molecule has 2 nitrogen and oxygen atoms in total. The summed E-state index contributed by atoms with van der Waals surface area (Å²) in [6, 6.07) is 3.96. The number of hydrogen-bond acceptors (Lipinski definition) is 2. The third-order valence-electron chi connectivity index (χ3n) is 2.38. The summed E-state index contributed by atoms with van der Waals surface area (Å²) < 4.78 is 5.65. The van der Waals surface area contributed by atoms with Crippen molar-refractivity contribution < 1.29 is 4.74 Å². The molecule has 1 N–H and O–H groups in total. The molecule has 0 amide bonds. The Morgan fingerprint density at radius 3 is 2.38 bits per heavy atom. The summed E-state index contributed by atoms with van der Waals surface area (Å²) in [5.74, 6) is 0.901. The minimum Gasteiger partial charge on any atom is -0.492 e. The minimum atomic E-state index is 0.695. The molecule has 0 spiro atoms. The molecule has 0 aliphatic rings. The van der Waals surface area contributed by atoms with Gasteiger partial charge in [0, 0.05) is 11.6 Å². The number of benzene rings is 1. The third kappa shape index (κ3) is 4.03. The van der Waals surface area contributed by atoms with E-state index in [1.165, 1.54) is 0 Å². The molecule has 0 aliphatic heterocycles. The topological polar surface area (TPSA) is 21.3 Å². The summed E-state index contributed by atoms with van der Waals surface area (Å²) in [4.78, 5) is 0. The first-order chi connectivity index (χ1) is 7.65. The first-order valence-corrected chi connectivity index (χ1v) is 6.13. The van der Waals surface area contributed by atoms with E-state index in [2.05, 4.69) is 12.2 Å². The molecule has 3 heteroatoms. The number of nitrogens with one attached hydrogen (secondary N) is 1. The summed E-state index contributed by atoms with van der Waals surface area (Å²) in [6.07, 6.45) is 1.15. The molecule has 90 valence electrons. The molecule has 16 heavy (non-hydrogen) atoms. The van der Waals surface area contributed by atoms with Gasteiger partial charge in [0.1, 0.15) is 12.4 Å². The molecule has 0 atom stereocenters. The molecule has 0 radical (unpaired) electrons. The Labute approximate surface area is 103 Å².